The van der Waals surface area contributed by atoms with E-state index in [1.165, 1.54) is 22.9 Å². The Labute approximate surface area is 108 Å². The first-order valence-corrected chi connectivity index (χ1v) is 6.65. The van der Waals surface area contributed by atoms with E-state index in [0.717, 1.165) is 19.6 Å². The number of fused-ring (bicyclic) bond motifs is 1. The van der Waals surface area contributed by atoms with Gasteiger partial charge >= 0.3 is 0 Å². The molecular weight excluding hydrogens is 222 g/mol. The van der Waals surface area contributed by atoms with Crippen molar-refractivity contribution in [2.45, 2.75) is 19.4 Å². The zero-order chi connectivity index (χ0) is 12.4. The summed E-state index contributed by atoms with van der Waals surface area (Å²) in [5.74, 6) is 0. The Kier molecular flexibility index (Phi) is 3.15. The molecule has 94 valence electrons. The summed E-state index contributed by atoms with van der Waals surface area (Å²) in [6.07, 6.45) is 5.04. The lowest BCUT2D eigenvalue weighted by Crippen LogP contribution is -2.35. The van der Waals surface area contributed by atoms with Crippen LogP contribution in [0.25, 0.3) is 10.8 Å². The van der Waals surface area contributed by atoms with Gasteiger partial charge in [-0.1, -0.05) is 12.1 Å². The summed E-state index contributed by atoms with van der Waals surface area (Å²) in [6.45, 7) is 5.54. The van der Waals surface area contributed by atoms with Crippen LogP contribution in [0, 0.1) is 0 Å². The van der Waals surface area contributed by atoms with Gasteiger partial charge in [0.25, 0.3) is 0 Å². The zero-order valence-electron chi connectivity index (χ0n) is 10.8. The Morgan fingerprint density at radius 1 is 1.33 bits per heavy atom. The standard InChI is InChI=1S/C15H19N3/c1-12-11-18(9-3-7-17-12)15-5-2-4-13-6-8-16-10-14(13)15/h2,4-6,8,10,12,17H,3,7,9,11H2,1H3. The van der Waals surface area contributed by atoms with Gasteiger partial charge in [-0.05, 0) is 37.4 Å². The van der Waals surface area contributed by atoms with Gasteiger partial charge in [-0.15, -0.1) is 0 Å². The molecule has 3 heteroatoms. The van der Waals surface area contributed by atoms with Crippen LogP contribution in [0.1, 0.15) is 13.3 Å². The van der Waals surface area contributed by atoms with Crippen molar-refractivity contribution < 1.29 is 0 Å². The average molecular weight is 241 g/mol. The summed E-state index contributed by atoms with van der Waals surface area (Å²) in [6, 6.07) is 9.13. The van der Waals surface area contributed by atoms with Crippen LogP contribution in [0.5, 0.6) is 0 Å². The van der Waals surface area contributed by atoms with Crippen molar-refractivity contribution in [2.24, 2.45) is 0 Å². The Morgan fingerprint density at radius 3 is 3.22 bits per heavy atom. The third kappa shape index (κ3) is 2.18. The number of aromatic nitrogens is 1. The largest absolute Gasteiger partial charge is 0.369 e. The number of anilines is 1. The summed E-state index contributed by atoms with van der Waals surface area (Å²) < 4.78 is 0. The minimum absolute atomic E-state index is 0.541. The molecule has 2 aromatic rings. The van der Waals surface area contributed by atoms with E-state index < -0.39 is 0 Å². The average Bonchev–Trinajstić information content (AvgIpc) is 2.63. The van der Waals surface area contributed by atoms with Gasteiger partial charge in [0.1, 0.15) is 0 Å². The zero-order valence-corrected chi connectivity index (χ0v) is 10.8. The molecule has 0 amide bonds. The summed E-state index contributed by atoms with van der Waals surface area (Å²) in [5, 5.41) is 6.06. The van der Waals surface area contributed by atoms with Crippen molar-refractivity contribution in [1.29, 1.82) is 0 Å². The van der Waals surface area contributed by atoms with Gasteiger partial charge in [0, 0.05) is 42.6 Å². The molecule has 3 rings (SSSR count). The lowest BCUT2D eigenvalue weighted by atomic mass is 10.1. The van der Waals surface area contributed by atoms with Crippen molar-refractivity contribution in [3.63, 3.8) is 0 Å². The molecule has 3 nitrogen and oxygen atoms in total. The molecule has 1 unspecified atom stereocenters. The van der Waals surface area contributed by atoms with E-state index in [2.05, 4.69) is 46.4 Å². The third-order valence-electron chi connectivity index (χ3n) is 3.59. The SMILES string of the molecule is CC1CN(c2cccc3ccncc23)CCCN1. The topological polar surface area (TPSA) is 28.2 Å². The van der Waals surface area contributed by atoms with Crippen molar-refractivity contribution in [2.75, 3.05) is 24.5 Å². The number of nitrogens with one attached hydrogen (secondary N) is 1. The van der Waals surface area contributed by atoms with Crippen LogP contribution in [-0.2, 0) is 0 Å². The van der Waals surface area contributed by atoms with Gasteiger partial charge in [-0.2, -0.15) is 0 Å². The first kappa shape index (κ1) is 11.5. The minimum atomic E-state index is 0.541. The molecule has 1 saturated heterocycles. The second kappa shape index (κ2) is 4.94. The Morgan fingerprint density at radius 2 is 2.28 bits per heavy atom. The Hall–Kier alpha value is -1.61. The van der Waals surface area contributed by atoms with E-state index in [1.54, 1.807) is 0 Å². The van der Waals surface area contributed by atoms with Gasteiger partial charge in [-0.3, -0.25) is 4.98 Å². The van der Waals surface area contributed by atoms with Crippen LogP contribution in [0.4, 0.5) is 5.69 Å². The van der Waals surface area contributed by atoms with Crippen molar-refractivity contribution in [3.05, 3.63) is 36.7 Å². The fourth-order valence-electron chi connectivity index (χ4n) is 2.70. The molecule has 1 fully saturated rings. The van der Waals surface area contributed by atoms with Gasteiger partial charge in [0.05, 0.1) is 0 Å². The van der Waals surface area contributed by atoms with E-state index in [1.807, 2.05) is 12.4 Å². The smallest absolute Gasteiger partial charge is 0.0462 e. The highest BCUT2D eigenvalue weighted by molar-refractivity contribution is 5.93. The number of hydrogen-bond acceptors (Lipinski definition) is 3. The summed E-state index contributed by atoms with van der Waals surface area (Å²) in [7, 11) is 0. The molecule has 0 saturated carbocycles. The molecule has 2 heterocycles. The van der Waals surface area contributed by atoms with E-state index in [9.17, 15) is 0 Å². The molecule has 18 heavy (non-hydrogen) atoms. The summed E-state index contributed by atoms with van der Waals surface area (Å²) in [4.78, 5) is 6.75. The van der Waals surface area contributed by atoms with Crippen molar-refractivity contribution >= 4 is 16.5 Å². The van der Waals surface area contributed by atoms with Gasteiger partial charge in [0.2, 0.25) is 0 Å². The van der Waals surface area contributed by atoms with Crippen LogP contribution >= 0.6 is 0 Å². The first-order valence-electron chi connectivity index (χ1n) is 6.65. The minimum Gasteiger partial charge on any atom is -0.369 e. The molecule has 1 aromatic carbocycles. The maximum atomic E-state index is 4.27. The molecule has 1 aliphatic heterocycles. The fourth-order valence-corrected chi connectivity index (χ4v) is 2.70. The Balaban J connectivity index is 2.02. The highest BCUT2D eigenvalue weighted by Gasteiger charge is 2.16. The van der Waals surface area contributed by atoms with Crippen molar-refractivity contribution in [1.82, 2.24) is 10.3 Å². The number of benzene rings is 1. The van der Waals surface area contributed by atoms with E-state index in [-0.39, 0.29) is 0 Å². The first-order chi connectivity index (χ1) is 8.84. The quantitative estimate of drug-likeness (QED) is 0.831. The molecule has 1 aliphatic rings. The highest BCUT2D eigenvalue weighted by atomic mass is 15.2. The molecule has 0 radical (unpaired) electrons. The number of hydrogen-bond donors (Lipinski definition) is 1. The monoisotopic (exact) mass is 241 g/mol. The summed E-state index contributed by atoms with van der Waals surface area (Å²) in [5.41, 5.74) is 1.32. The van der Waals surface area contributed by atoms with Crippen LogP contribution in [0.15, 0.2) is 36.7 Å². The molecular formula is C15H19N3. The molecule has 0 aliphatic carbocycles. The van der Waals surface area contributed by atoms with Gasteiger partial charge in [0.15, 0.2) is 0 Å². The maximum absolute atomic E-state index is 4.27. The Bertz CT molecular complexity index is 533. The van der Waals surface area contributed by atoms with E-state index in [0.29, 0.717) is 6.04 Å². The van der Waals surface area contributed by atoms with Crippen LogP contribution in [-0.4, -0.2) is 30.7 Å². The maximum Gasteiger partial charge on any atom is 0.0462 e. The normalized spacial score (nSPS) is 20.9. The van der Waals surface area contributed by atoms with Crippen molar-refractivity contribution in [3.8, 4) is 0 Å². The molecule has 1 N–H and O–H groups in total. The van der Waals surface area contributed by atoms with Crippen LogP contribution in [0.2, 0.25) is 0 Å². The lowest BCUT2D eigenvalue weighted by Gasteiger charge is -2.26. The van der Waals surface area contributed by atoms with Gasteiger partial charge in [-0.25, -0.2) is 0 Å². The predicted molar refractivity (Wildman–Crippen MR) is 76.0 cm³/mol. The van der Waals surface area contributed by atoms with Gasteiger partial charge < -0.3 is 10.2 Å². The van der Waals surface area contributed by atoms with E-state index in [4.69, 9.17) is 0 Å². The number of nitrogens with zero attached hydrogens (tertiary/aromatic N) is 2. The number of rotatable bonds is 1. The molecule has 1 aromatic heterocycles. The fraction of sp³-hybridized carbons (Fsp3) is 0.400. The third-order valence-corrected chi connectivity index (χ3v) is 3.59. The molecule has 0 bridgehead atoms. The van der Waals surface area contributed by atoms with Crippen LogP contribution < -0.4 is 10.2 Å². The predicted octanol–water partition coefficient (Wildman–Crippen LogP) is 2.42. The van der Waals surface area contributed by atoms with Crippen LogP contribution in [0.3, 0.4) is 0 Å². The molecule has 1 atom stereocenters. The summed E-state index contributed by atoms with van der Waals surface area (Å²) >= 11 is 0. The van der Waals surface area contributed by atoms with E-state index >= 15 is 0 Å². The second-order valence-electron chi connectivity index (χ2n) is 5.03. The highest BCUT2D eigenvalue weighted by Crippen LogP contribution is 2.26. The number of pyridine rings is 1. The molecule has 0 spiro atoms. The lowest BCUT2D eigenvalue weighted by molar-refractivity contribution is 0.585. The second-order valence-corrected chi connectivity index (χ2v) is 5.03.